The van der Waals surface area contributed by atoms with Crippen molar-refractivity contribution in [3.63, 3.8) is 0 Å². The summed E-state index contributed by atoms with van der Waals surface area (Å²) in [6, 6.07) is 9.19. The number of nitrogens with zero attached hydrogens (tertiary/aromatic N) is 2. The van der Waals surface area contributed by atoms with Crippen molar-refractivity contribution in [1.82, 2.24) is 5.06 Å². The number of ketones is 1. The lowest BCUT2D eigenvalue weighted by molar-refractivity contribution is -0.193. The molecule has 1 aliphatic heterocycles. The van der Waals surface area contributed by atoms with Gasteiger partial charge in [0.15, 0.2) is 5.78 Å². The molecule has 33 heavy (non-hydrogen) atoms. The van der Waals surface area contributed by atoms with Gasteiger partial charge in [0, 0.05) is 38.7 Å². The molecule has 176 valence electrons. The normalized spacial score (nSPS) is 38.2. The minimum absolute atomic E-state index is 0.0612. The van der Waals surface area contributed by atoms with Crippen LogP contribution in [0, 0.1) is 17.3 Å². The van der Waals surface area contributed by atoms with E-state index in [0.29, 0.717) is 30.0 Å². The van der Waals surface area contributed by atoms with Crippen LogP contribution in [-0.4, -0.2) is 42.2 Å². The van der Waals surface area contributed by atoms with Crippen LogP contribution in [0.1, 0.15) is 76.2 Å². The van der Waals surface area contributed by atoms with E-state index in [9.17, 15) is 10.0 Å². The van der Waals surface area contributed by atoms with Gasteiger partial charge < -0.3 is 10.1 Å². The van der Waals surface area contributed by atoms with Crippen LogP contribution in [0.3, 0.4) is 0 Å². The lowest BCUT2D eigenvalue weighted by Gasteiger charge is -2.56. The number of hydroxylamine groups is 2. The standard InChI is InChI=1S/C29H38N2O2/c1-28-18-25(19-5-8-21(9-6-19)30(2)3)27-23-12-10-22(32)17-20(23)7-11-24(27)26(28)13-15-29(28)14-4-16-31(29)33/h5-6,8-9,17,24-26,33H,4,7,10-16,18H2,1-3H3/t24-,25?,26-,28-,29?/m0/s1. The van der Waals surface area contributed by atoms with Gasteiger partial charge in [-0.2, -0.15) is 5.06 Å². The number of hydrogen-bond acceptors (Lipinski definition) is 4. The van der Waals surface area contributed by atoms with E-state index < -0.39 is 0 Å². The highest BCUT2D eigenvalue weighted by Gasteiger charge is 2.66. The minimum atomic E-state index is -0.0612. The summed E-state index contributed by atoms with van der Waals surface area (Å²) in [6.45, 7) is 3.33. The molecule has 1 aromatic rings. The molecule has 0 bridgehead atoms. The van der Waals surface area contributed by atoms with Gasteiger partial charge in [0.1, 0.15) is 0 Å². The Bertz CT molecular complexity index is 1040. The van der Waals surface area contributed by atoms with E-state index in [0.717, 1.165) is 51.5 Å². The maximum absolute atomic E-state index is 12.2. The molecule has 0 amide bonds. The maximum atomic E-state index is 12.2. The Morgan fingerprint density at radius 3 is 2.55 bits per heavy atom. The third-order valence-corrected chi connectivity index (χ3v) is 10.3. The molecule has 0 radical (unpaired) electrons. The van der Waals surface area contributed by atoms with Gasteiger partial charge in [-0.1, -0.05) is 24.6 Å². The molecule has 3 fully saturated rings. The van der Waals surface area contributed by atoms with Crippen molar-refractivity contribution >= 4 is 11.5 Å². The first-order valence-corrected chi connectivity index (χ1v) is 13.0. The molecule has 1 aromatic carbocycles. The fraction of sp³-hybridized carbons (Fsp3) is 0.621. The smallest absolute Gasteiger partial charge is 0.156 e. The minimum Gasteiger partial charge on any atom is -0.378 e. The maximum Gasteiger partial charge on any atom is 0.156 e. The zero-order chi connectivity index (χ0) is 23.0. The molecular formula is C29H38N2O2. The molecule has 5 aliphatic rings. The lowest BCUT2D eigenvalue weighted by Crippen LogP contribution is -2.56. The van der Waals surface area contributed by atoms with E-state index in [1.54, 1.807) is 10.6 Å². The third kappa shape index (κ3) is 2.99. The van der Waals surface area contributed by atoms with Crippen LogP contribution in [0.2, 0.25) is 0 Å². The van der Waals surface area contributed by atoms with E-state index in [-0.39, 0.29) is 11.0 Å². The van der Waals surface area contributed by atoms with Crippen LogP contribution >= 0.6 is 0 Å². The van der Waals surface area contributed by atoms with Gasteiger partial charge in [0.05, 0.1) is 5.54 Å². The van der Waals surface area contributed by atoms with Gasteiger partial charge >= 0.3 is 0 Å². The van der Waals surface area contributed by atoms with E-state index in [4.69, 9.17) is 0 Å². The molecule has 1 saturated heterocycles. The van der Waals surface area contributed by atoms with E-state index in [1.807, 2.05) is 6.08 Å². The predicted octanol–water partition coefficient (Wildman–Crippen LogP) is 5.88. The van der Waals surface area contributed by atoms with Crippen LogP contribution in [0.4, 0.5) is 5.69 Å². The second-order valence-electron chi connectivity index (χ2n) is 11.8. The SMILES string of the molecule is CN(C)c1ccc(C2C[C@@]3(C)[C@@H](CCC34CCCN4O)[C@@H]3CCC4=CC(=O)CCC4=C23)cc1. The number of carbonyl (C=O) groups excluding carboxylic acids is 1. The highest BCUT2D eigenvalue weighted by Crippen LogP contribution is 2.69. The van der Waals surface area contributed by atoms with Gasteiger partial charge in [-0.25, -0.2) is 0 Å². The first-order chi connectivity index (χ1) is 15.8. The van der Waals surface area contributed by atoms with Gasteiger partial charge in [-0.3, -0.25) is 4.79 Å². The highest BCUT2D eigenvalue weighted by molar-refractivity contribution is 5.93. The summed E-state index contributed by atoms with van der Waals surface area (Å²) < 4.78 is 0. The van der Waals surface area contributed by atoms with Crippen molar-refractivity contribution < 1.29 is 10.0 Å². The van der Waals surface area contributed by atoms with Crippen molar-refractivity contribution in [2.45, 2.75) is 76.2 Å². The Labute approximate surface area is 198 Å². The molecule has 4 aliphatic carbocycles. The number of fused-ring (bicyclic) bond motifs is 5. The van der Waals surface area contributed by atoms with E-state index in [2.05, 4.69) is 50.2 Å². The molecule has 1 spiro atoms. The fourth-order valence-corrected chi connectivity index (χ4v) is 8.76. The van der Waals surface area contributed by atoms with Crippen LogP contribution in [-0.2, 0) is 4.79 Å². The summed E-state index contributed by atoms with van der Waals surface area (Å²) in [5.41, 5.74) is 7.19. The monoisotopic (exact) mass is 446 g/mol. The molecule has 1 heterocycles. The molecule has 1 N–H and O–H groups in total. The summed E-state index contributed by atoms with van der Waals surface area (Å²) in [5, 5.41) is 12.9. The van der Waals surface area contributed by atoms with Crippen LogP contribution in [0.5, 0.6) is 0 Å². The summed E-state index contributed by atoms with van der Waals surface area (Å²) >= 11 is 0. The largest absolute Gasteiger partial charge is 0.378 e. The topological polar surface area (TPSA) is 43.8 Å². The second-order valence-corrected chi connectivity index (χ2v) is 11.8. The first kappa shape index (κ1) is 21.6. The van der Waals surface area contributed by atoms with Crippen molar-refractivity contribution in [3.05, 3.63) is 52.6 Å². The Morgan fingerprint density at radius 2 is 1.85 bits per heavy atom. The quantitative estimate of drug-likeness (QED) is 0.616. The van der Waals surface area contributed by atoms with Crippen molar-refractivity contribution in [2.24, 2.45) is 17.3 Å². The number of rotatable bonds is 2. The summed E-state index contributed by atoms with van der Waals surface area (Å²) in [6.07, 6.45) is 11.4. The Balaban J connectivity index is 1.50. The summed E-state index contributed by atoms with van der Waals surface area (Å²) in [4.78, 5) is 14.4. The highest BCUT2D eigenvalue weighted by atomic mass is 16.5. The first-order valence-electron chi connectivity index (χ1n) is 13.0. The van der Waals surface area contributed by atoms with Crippen molar-refractivity contribution in [1.29, 1.82) is 0 Å². The van der Waals surface area contributed by atoms with Gasteiger partial charge in [0.25, 0.3) is 0 Å². The number of allylic oxidation sites excluding steroid dienone is 4. The molecule has 0 aromatic heterocycles. The van der Waals surface area contributed by atoms with Crippen LogP contribution in [0.25, 0.3) is 0 Å². The van der Waals surface area contributed by atoms with Gasteiger partial charge in [-0.05, 0) is 104 Å². The molecule has 6 rings (SSSR count). The van der Waals surface area contributed by atoms with Gasteiger partial charge in [0.2, 0.25) is 0 Å². The average molecular weight is 447 g/mol. The predicted molar refractivity (Wildman–Crippen MR) is 131 cm³/mol. The molecule has 4 heteroatoms. The van der Waals surface area contributed by atoms with E-state index >= 15 is 0 Å². The molecule has 4 nitrogen and oxygen atoms in total. The van der Waals surface area contributed by atoms with Gasteiger partial charge in [-0.15, -0.1) is 0 Å². The third-order valence-electron chi connectivity index (χ3n) is 10.3. The number of benzene rings is 1. The Hall–Kier alpha value is -1.91. The Kier molecular flexibility index (Phi) is 4.94. The van der Waals surface area contributed by atoms with Crippen molar-refractivity contribution in [3.8, 4) is 0 Å². The summed E-state index contributed by atoms with van der Waals surface area (Å²) in [7, 11) is 4.19. The van der Waals surface area contributed by atoms with E-state index in [1.165, 1.54) is 28.8 Å². The van der Waals surface area contributed by atoms with Crippen molar-refractivity contribution in [2.75, 3.05) is 25.5 Å². The fourth-order valence-electron chi connectivity index (χ4n) is 8.76. The molecule has 5 atom stereocenters. The lowest BCUT2D eigenvalue weighted by atomic mass is 9.50. The molecular weight excluding hydrogens is 408 g/mol. The molecule has 2 saturated carbocycles. The van der Waals surface area contributed by atoms with Crippen LogP contribution < -0.4 is 4.90 Å². The number of hydrogen-bond donors (Lipinski definition) is 1. The zero-order valence-corrected chi connectivity index (χ0v) is 20.4. The second kappa shape index (κ2) is 7.55. The summed E-state index contributed by atoms with van der Waals surface area (Å²) in [5.74, 6) is 1.89. The zero-order valence-electron chi connectivity index (χ0n) is 20.4. The van der Waals surface area contributed by atoms with Crippen LogP contribution in [0.15, 0.2) is 47.1 Å². The molecule has 2 unspecified atom stereocenters. The average Bonchev–Trinajstić information content (AvgIpc) is 3.33. The number of carbonyl (C=O) groups is 1. The number of anilines is 1. The Morgan fingerprint density at radius 1 is 1.06 bits per heavy atom.